The van der Waals surface area contributed by atoms with Gasteiger partial charge in [0.15, 0.2) is 0 Å². The van der Waals surface area contributed by atoms with Crippen molar-refractivity contribution in [2.45, 2.75) is 46.6 Å². The number of carbonyl (C=O) groups is 1. The van der Waals surface area contributed by atoms with Crippen LogP contribution in [0.25, 0.3) is 10.4 Å². The van der Waals surface area contributed by atoms with Crippen molar-refractivity contribution in [1.82, 2.24) is 4.37 Å². The molecule has 0 aliphatic rings. The highest BCUT2D eigenvalue weighted by Crippen LogP contribution is 2.35. The summed E-state index contributed by atoms with van der Waals surface area (Å²) in [6, 6.07) is 14.2. The van der Waals surface area contributed by atoms with Gasteiger partial charge in [0.25, 0.3) is 0 Å². The lowest BCUT2D eigenvalue weighted by Gasteiger charge is -2.12. The number of nitrogens with zero attached hydrogens (tertiary/aromatic N) is 1. The van der Waals surface area contributed by atoms with Crippen LogP contribution in [0.3, 0.4) is 0 Å². The first-order chi connectivity index (χ1) is 14.5. The molecule has 0 saturated heterocycles. The predicted octanol–water partition coefficient (Wildman–Crippen LogP) is 6.41. The summed E-state index contributed by atoms with van der Waals surface area (Å²) in [7, 11) is 0. The minimum Gasteiger partial charge on any atom is -0.489 e. The second kappa shape index (κ2) is 10.6. The Hall–Kier alpha value is -2.37. The van der Waals surface area contributed by atoms with Crippen molar-refractivity contribution in [3.05, 3.63) is 69.9 Å². The lowest BCUT2D eigenvalue weighted by atomic mass is 10.0. The molecule has 1 heterocycles. The Bertz CT molecular complexity index is 1020. The topological polar surface area (TPSA) is 48.4 Å². The fraction of sp³-hybridized carbons (Fsp3) is 0.333. The lowest BCUT2D eigenvalue weighted by Crippen LogP contribution is -2.06. The molecule has 4 nitrogen and oxygen atoms in total. The lowest BCUT2D eigenvalue weighted by molar-refractivity contribution is -0.143. The summed E-state index contributed by atoms with van der Waals surface area (Å²) in [4.78, 5) is 12.7. The minimum atomic E-state index is -0.164. The second-order valence-electron chi connectivity index (χ2n) is 6.97. The molecule has 2 aromatic carbocycles. The van der Waals surface area contributed by atoms with Gasteiger partial charge in [0.2, 0.25) is 0 Å². The third kappa shape index (κ3) is 5.41. The monoisotopic (exact) mass is 443 g/mol. The number of halogens is 1. The summed E-state index contributed by atoms with van der Waals surface area (Å²) in [6.07, 6.45) is 1.92. The molecular weight excluding hydrogens is 418 g/mol. The fourth-order valence-corrected chi connectivity index (χ4v) is 4.53. The number of hydrogen-bond donors (Lipinski definition) is 0. The Balaban J connectivity index is 1.73. The van der Waals surface area contributed by atoms with Crippen molar-refractivity contribution in [2.24, 2.45) is 0 Å². The van der Waals surface area contributed by atoms with Crippen LogP contribution in [0, 0.1) is 6.92 Å². The van der Waals surface area contributed by atoms with Crippen molar-refractivity contribution < 1.29 is 14.3 Å². The number of carbonyl (C=O) groups excluding carboxylic acids is 1. The van der Waals surface area contributed by atoms with Gasteiger partial charge >= 0.3 is 5.97 Å². The van der Waals surface area contributed by atoms with Gasteiger partial charge in [0, 0.05) is 12.0 Å². The van der Waals surface area contributed by atoms with E-state index in [-0.39, 0.29) is 5.97 Å². The van der Waals surface area contributed by atoms with Crippen LogP contribution < -0.4 is 4.74 Å². The number of ether oxygens (including phenoxy) is 2. The molecule has 3 rings (SSSR count). The van der Waals surface area contributed by atoms with Crippen LogP contribution in [0.2, 0.25) is 5.15 Å². The Kier molecular flexibility index (Phi) is 7.88. The van der Waals surface area contributed by atoms with Gasteiger partial charge < -0.3 is 9.47 Å². The number of hydrogen-bond acceptors (Lipinski definition) is 5. The van der Waals surface area contributed by atoms with E-state index in [1.165, 1.54) is 22.7 Å². The molecule has 158 valence electrons. The number of esters is 1. The smallest absolute Gasteiger partial charge is 0.306 e. The molecule has 0 fully saturated rings. The zero-order valence-corrected chi connectivity index (χ0v) is 19.1. The van der Waals surface area contributed by atoms with Gasteiger partial charge in [-0.25, -0.2) is 0 Å². The number of rotatable bonds is 9. The van der Waals surface area contributed by atoms with E-state index in [1.807, 2.05) is 37.3 Å². The van der Waals surface area contributed by atoms with Gasteiger partial charge in [-0.15, -0.1) is 0 Å². The molecule has 30 heavy (non-hydrogen) atoms. The van der Waals surface area contributed by atoms with Crippen LogP contribution in [0.15, 0.2) is 42.5 Å². The minimum absolute atomic E-state index is 0.164. The molecule has 0 aliphatic carbocycles. The van der Waals surface area contributed by atoms with Crippen molar-refractivity contribution in [3.63, 3.8) is 0 Å². The molecule has 0 spiro atoms. The van der Waals surface area contributed by atoms with Crippen molar-refractivity contribution in [3.8, 4) is 16.2 Å². The van der Waals surface area contributed by atoms with Crippen LogP contribution in [-0.2, 0) is 29.0 Å². The molecular formula is C24H26ClNO3S. The van der Waals surface area contributed by atoms with Crippen LogP contribution in [0.5, 0.6) is 5.75 Å². The highest BCUT2D eigenvalue weighted by molar-refractivity contribution is 7.10. The predicted molar refractivity (Wildman–Crippen MR) is 122 cm³/mol. The molecule has 0 unspecified atom stereocenters. The number of aryl methyl sites for hydroxylation is 3. The van der Waals surface area contributed by atoms with Crippen LogP contribution >= 0.6 is 23.1 Å². The van der Waals surface area contributed by atoms with Gasteiger partial charge in [0.1, 0.15) is 17.5 Å². The fourth-order valence-electron chi connectivity index (χ4n) is 3.34. The van der Waals surface area contributed by atoms with E-state index in [2.05, 4.69) is 30.4 Å². The zero-order chi connectivity index (χ0) is 21.5. The van der Waals surface area contributed by atoms with E-state index in [0.29, 0.717) is 31.2 Å². The first-order valence-electron chi connectivity index (χ1n) is 10.1. The Morgan fingerprint density at radius 2 is 1.93 bits per heavy atom. The third-order valence-corrected chi connectivity index (χ3v) is 6.31. The summed E-state index contributed by atoms with van der Waals surface area (Å²) in [5.74, 6) is 0.618. The highest BCUT2D eigenvalue weighted by Gasteiger charge is 2.16. The largest absolute Gasteiger partial charge is 0.489 e. The van der Waals surface area contributed by atoms with Gasteiger partial charge in [-0.2, -0.15) is 4.37 Å². The summed E-state index contributed by atoms with van der Waals surface area (Å²) in [5.41, 5.74) is 5.53. The number of benzene rings is 2. The molecule has 0 atom stereocenters. The van der Waals surface area contributed by atoms with Crippen LogP contribution in [0.4, 0.5) is 0 Å². The summed E-state index contributed by atoms with van der Waals surface area (Å²) in [5, 5.41) is 0.486. The Labute approximate surface area is 187 Å². The molecule has 3 aromatic rings. The molecule has 6 heteroatoms. The highest BCUT2D eigenvalue weighted by atomic mass is 35.5. The van der Waals surface area contributed by atoms with Gasteiger partial charge in [-0.05, 0) is 72.6 Å². The van der Waals surface area contributed by atoms with Gasteiger partial charge in [-0.3, -0.25) is 4.79 Å². The van der Waals surface area contributed by atoms with E-state index in [4.69, 9.17) is 21.1 Å². The molecule has 0 amide bonds. The second-order valence-corrected chi connectivity index (χ2v) is 8.11. The Morgan fingerprint density at radius 3 is 2.67 bits per heavy atom. The van der Waals surface area contributed by atoms with Crippen LogP contribution in [0.1, 0.15) is 42.5 Å². The summed E-state index contributed by atoms with van der Waals surface area (Å²) in [6.45, 7) is 6.77. The van der Waals surface area contributed by atoms with Crippen molar-refractivity contribution in [2.75, 3.05) is 6.61 Å². The molecule has 0 N–H and O–H groups in total. The van der Waals surface area contributed by atoms with E-state index >= 15 is 0 Å². The maximum Gasteiger partial charge on any atom is 0.306 e. The average molecular weight is 444 g/mol. The normalized spacial score (nSPS) is 10.8. The average Bonchev–Trinajstić information content (AvgIpc) is 3.11. The molecule has 0 saturated carbocycles. The third-order valence-electron chi connectivity index (χ3n) is 4.98. The molecule has 1 aromatic heterocycles. The van der Waals surface area contributed by atoms with Gasteiger partial charge in [-0.1, -0.05) is 48.9 Å². The SMILES string of the molecule is CCOC(=O)CCc1ccc(OCc2c(Cl)nsc2-c2ccccc2C)cc1CC. The van der Waals surface area contributed by atoms with E-state index in [1.54, 1.807) is 0 Å². The molecule has 0 bridgehead atoms. The standard InChI is InChI=1S/C24H26ClNO3S/c1-4-17-14-19(12-10-18(17)11-13-22(27)28-5-2)29-15-21-23(30-26-24(21)25)20-9-7-6-8-16(20)3/h6-10,12,14H,4-5,11,13,15H2,1-3H3. The molecule has 0 radical (unpaired) electrons. The summed E-state index contributed by atoms with van der Waals surface area (Å²) >= 11 is 7.77. The molecule has 0 aliphatic heterocycles. The van der Waals surface area contributed by atoms with Crippen molar-refractivity contribution in [1.29, 1.82) is 0 Å². The first-order valence-corrected chi connectivity index (χ1v) is 11.3. The van der Waals surface area contributed by atoms with Crippen LogP contribution in [-0.4, -0.2) is 16.9 Å². The van der Waals surface area contributed by atoms with E-state index in [9.17, 15) is 4.79 Å². The maximum absolute atomic E-state index is 11.7. The van der Waals surface area contributed by atoms with E-state index in [0.717, 1.165) is 33.7 Å². The Morgan fingerprint density at radius 1 is 1.13 bits per heavy atom. The van der Waals surface area contributed by atoms with Gasteiger partial charge in [0.05, 0.1) is 11.5 Å². The summed E-state index contributed by atoms with van der Waals surface area (Å²) < 4.78 is 15.4. The number of aromatic nitrogens is 1. The van der Waals surface area contributed by atoms with E-state index < -0.39 is 0 Å². The quantitative estimate of drug-likeness (QED) is 0.358. The zero-order valence-electron chi connectivity index (χ0n) is 17.5. The van der Waals surface area contributed by atoms with Crippen molar-refractivity contribution >= 4 is 29.1 Å². The first kappa shape index (κ1) is 22.3. The maximum atomic E-state index is 11.7.